The van der Waals surface area contributed by atoms with Crippen LogP contribution in [0.5, 0.6) is 0 Å². The Kier molecular flexibility index (Phi) is 6.45. The van der Waals surface area contributed by atoms with Crippen molar-refractivity contribution >= 4 is 23.5 Å². The molecule has 0 aliphatic carbocycles. The molecule has 1 fully saturated rings. The molecule has 0 spiro atoms. The first kappa shape index (κ1) is 16.2. The van der Waals surface area contributed by atoms with E-state index in [4.69, 9.17) is 11.6 Å². The first-order valence-electron chi connectivity index (χ1n) is 7.82. The van der Waals surface area contributed by atoms with E-state index in [9.17, 15) is 0 Å². The molecule has 2 heterocycles. The summed E-state index contributed by atoms with van der Waals surface area (Å²) in [5, 5.41) is 6.48. The van der Waals surface area contributed by atoms with Gasteiger partial charge in [-0.1, -0.05) is 6.42 Å². The van der Waals surface area contributed by atoms with Crippen LogP contribution in [-0.2, 0) is 0 Å². The van der Waals surface area contributed by atoms with Crippen LogP contribution in [0.25, 0.3) is 0 Å². The van der Waals surface area contributed by atoms with Gasteiger partial charge in [-0.15, -0.1) is 0 Å². The molecule has 1 atom stereocenters. The number of piperidine rings is 1. The first-order valence-corrected chi connectivity index (χ1v) is 8.20. The Morgan fingerprint density at radius 3 is 2.67 bits per heavy atom. The van der Waals surface area contributed by atoms with Gasteiger partial charge in [0.15, 0.2) is 0 Å². The molecule has 1 aromatic heterocycles. The minimum Gasteiger partial charge on any atom is -0.354 e. The molecule has 0 radical (unpaired) electrons. The van der Waals surface area contributed by atoms with E-state index in [1.165, 1.54) is 25.8 Å². The summed E-state index contributed by atoms with van der Waals surface area (Å²) in [5.74, 6) is 1.06. The van der Waals surface area contributed by atoms with Gasteiger partial charge in [-0.05, 0) is 51.3 Å². The summed E-state index contributed by atoms with van der Waals surface area (Å²) >= 11 is 5.89. The largest absolute Gasteiger partial charge is 0.354 e. The standard InChI is InChI=1S/C14H25ClN6/c1-3-16-13-18-12(15)19-14(20-13)17-8-6-10-21-9-5-4-7-11(21)2/h11H,3-10H2,1-2H3,(H2,16,17,18,19,20). The minimum absolute atomic E-state index is 0.216. The van der Waals surface area contributed by atoms with Gasteiger partial charge in [0.25, 0.3) is 0 Å². The molecule has 0 bridgehead atoms. The molecule has 2 rings (SSSR count). The van der Waals surface area contributed by atoms with Crippen LogP contribution >= 0.6 is 11.6 Å². The Morgan fingerprint density at radius 1 is 1.19 bits per heavy atom. The van der Waals surface area contributed by atoms with Crippen molar-refractivity contribution in [1.82, 2.24) is 19.9 Å². The van der Waals surface area contributed by atoms with Crippen LogP contribution in [0.2, 0.25) is 5.28 Å². The van der Waals surface area contributed by atoms with Crippen molar-refractivity contribution in [3.05, 3.63) is 5.28 Å². The molecule has 1 aliphatic heterocycles. The number of nitrogens with zero attached hydrogens (tertiary/aromatic N) is 4. The summed E-state index contributed by atoms with van der Waals surface area (Å²) in [7, 11) is 0. The number of halogens is 1. The Hall–Kier alpha value is -1.14. The number of hydrogen-bond acceptors (Lipinski definition) is 6. The Labute approximate surface area is 131 Å². The normalized spacial score (nSPS) is 19.5. The van der Waals surface area contributed by atoms with Gasteiger partial charge < -0.3 is 15.5 Å². The average molecular weight is 313 g/mol. The molecule has 1 saturated heterocycles. The van der Waals surface area contributed by atoms with E-state index in [0.29, 0.717) is 17.9 Å². The second kappa shape index (κ2) is 8.34. The highest BCUT2D eigenvalue weighted by Gasteiger charge is 2.17. The van der Waals surface area contributed by atoms with Crippen LogP contribution in [-0.4, -0.2) is 52.1 Å². The second-order valence-electron chi connectivity index (χ2n) is 5.44. The van der Waals surface area contributed by atoms with E-state index in [1.807, 2.05) is 6.92 Å². The van der Waals surface area contributed by atoms with Crippen molar-refractivity contribution < 1.29 is 0 Å². The van der Waals surface area contributed by atoms with E-state index in [1.54, 1.807) is 0 Å². The van der Waals surface area contributed by atoms with E-state index >= 15 is 0 Å². The molecule has 0 amide bonds. The third kappa shape index (κ3) is 5.28. The van der Waals surface area contributed by atoms with Crippen molar-refractivity contribution in [2.24, 2.45) is 0 Å². The van der Waals surface area contributed by atoms with Gasteiger partial charge in [-0.2, -0.15) is 15.0 Å². The number of rotatable bonds is 7. The smallest absolute Gasteiger partial charge is 0.228 e. The van der Waals surface area contributed by atoms with Gasteiger partial charge in [0, 0.05) is 25.7 Å². The van der Waals surface area contributed by atoms with Crippen LogP contribution in [0.3, 0.4) is 0 Å². The Morgan fingerprint density at radius 2 is 1.95 bits per heavy atom. The second-order valence-corrected chi connectivity index (χ2v) is 5.78. The molecule has 21 heavy (non-hydrogen) atoms. The maximum atomic E-state index is 5.89. The average Bonchev–Trinajstić information content (AvgIpc) is 2.45. The van der Waals surface area contributed by atoms with E-state index in [0.717, 1.165) is 26.1 Å². The number of hydrogen-bond donors (Lipinski definition) is 2. The maximum Gasteiger partial charge on any atom is 0.228 e. The van der Waals surface area contributed by atoms with E-state index in [2.05, 4.69) is 37.4 Å². The number of anilines is 2. The van der Waals surface area contributed by atoms with Crippen LogP contribution in [0.1, 0.15) is 39.5 Å². The Balaban J connectivity index is 1.75. The lowest BCUT2D eigenvalue weighted by Gasteiger charge is -2.33. The van der Waals surface area contributed by atoms with Gasteiger partial charge in [-0.25, -0.2) is 0 Å². The molecular formula is C14H25ClN6. The summed E-state index contributed by atoms with van der Waals surface area (Å²) < 4.78 is 0. The van der Waals surface area contributed by atoms with Gasteiger partial charge in [0.2, 0.25) is 17.2 Å². The zero-order valence-corrected chi connectivity index (χ0v) is 13.7. The van der Waals surface area contributed by atoms with Gasteiger partial charge in [0.1, 0.15) is 0 Å². The summed E-state index contributed by atoms with van der Waals surface area (Å²) in [4.78, 5) is 15.0. The fourth-order valence-corrected chi connectivity index (χ4v) is 2.80. The molecule has 6 nitrogen and oxygen atoms in total. The monoisotopic (exact) mass is 312 g/mol. The summed E-state index contributed by atoms with van der Waals surface area (Å²) in [6.07, 6.45) is 5.09. The van der Waals surface area contributed by atoms with Crippen LogP contribution in [0.15, 0.2) is 0 Å². The predicted molar refractivity (Wildman–Crippen MR) is 87.0 cm³/mol. The number of aromatic nitrogens is 3. The molecule has 1 unspecified atom stereocenters. The van der Waals surface area contributed by atoms with Crippen molar-refractivity contribution in [3.8, 4) is 0 Å². The highest BCUT2D eigenvalue weighted by atomic mass is 35.5. The zero-order valence-electron chi connectivity index (χ0n) is 12.9. The molecule has 1 aromatic rings. The lowest BCUT2D eigenvalue weighted by atomic mass is 10.0. The molecule has 2 N–H and O–H groups in total. The molecular weight excluding hydrogens is 288 g/mol. The quantitative estimate of drug-likeness (QED) is 0.755. The first-order chi connectivity index (χ1) is 10.2. The zero-order chi connectivity index (χ0) is 15.1. The minimum atomic E-state index is 0.216. The van der Waals surface area contributed by atoms with Crippen molar-refractivity contribution in [2.75, 3.05) is 36.8 Å². The van der Waals surface area contributed by atoms with Gasteiger partial charge >= 0.3 is 0 Å². The predicted octanol–water partition coefficient (Wildman–Crippen LogP) is 2.63. The van der Waals surface area contributed by atoms with E-state index in [-0.39, 0.29) is 5.28 Å². The molecule has 118 valence electrons. The van der Waals surface area contributed by atoms with Gasteiger partial charge in [0.05, 0.1) is 0 Å². The highest BCUT2D eigenvalue weighted by Crippen LogP contribution is 2.16. The molecule has 7 heteroatoms. The summed E-state index contributed by atoms with van der Waals surface area (Å²) in [6.45, 7) is 8.25. The third-order valence-corrected chi connectivity index (χ3v) is 3.96. The third-order valence-electron chi connectivity index (χ3n) is 3.79. The van der Waals surface area contributed by atoms with Gasteiger partial charge in [-0.3, -0.25) is 0 Å². The molecule has 1 aliphatic rings. The lowest BCUT2D eigenvalue weighted by Crippen LogP contribution is -2.38. The number of likely N-dealkylation sites (tertiary alicyclic amines) is 1. The maximum absolute atomic E-state index is 5.89. The fourth-order valence-electron chi connectivity index (χ4n) is 2.64. The van der Waals surface area contributed by atoms with Crippen molar-refractivity contribution in [3.63, 3.8) is 0 Å². The topological polar surface area (TPSA) is 66.0 Å². The SMILES string of the molecule is CCNc1nc(Cl)nc(NCCCN2CCCCC2C)n1. The molecule has 0 aromatic carbocycles. The van der Waals surface area contributed by atoms with Crippen LogP contribution < -0.4 is 10.6 Å². The van der Waals surface area contributed by atoms with Crippen molar-refractivity contribution in [2.45, 2.75) is 45.6 Å². The highest BCUT2D eigenvalue weighted by molar-refractivity contribution is 6.28. The van der Waals surface area contributed by atoms with Crippen LogP contribution in [0, 0.1) is 0 Å². The summed E-state index contributed by atoms with van der Waals surface area (Å²) in [5.41, 5.74) is 0. The lowest BCUT2D eigenvalue weighted by molar-refractivity contribution is 0.160. The fraction of sp³-hybridized carbons (Fsp3) is 0.786. The Bertz CT molecular complexity index is 441. The van der Waals surface area contributed by atoms with Crippen LogP contribution in [0.4, 0.5) is 11.9 Å². The molecule has 0 saturated carbocycles. The number of nitrogens with one attached hydrogen (secondary N) is 2. The van der Waals surface area contributed by atoms with E-state index < -0.39 is 0 Å². The van der Waals surface area contributed by atoms with Crippen molar-refractivity contribution in [1.29, 1.82) is 0 Å². The summed E-state index contributed by atoms with van der Waals surface area (Å²) in [6, 6.07) is 0.714.